The summed E-state index contributed by atoms with van der Waals surface area (Å²) >= 11 is 3.62. The van der Waals surface area contributed by atoms with Gasteiger partial charge in [0.05, 0.1) is 11.2 Å². The molecule has 0 aliphatic rings. The van der Waals surface area contributed by atoms with Crippen LogP contribution in [0.15, 0.2) is 53.0 Å². The van der Waals surface area contributed by atoms with Crippen LogP contribution in [0.5, 0.6) is 0 Å². The summed E-state index contributed by atoms with van der Waals surface area (Å²) in [5.41, 5.74) is 9.53. The summed E-state index contributed by atoms with van der Waals surface area (Å²) in [6.45, 7) is 0.605. The molecular formula is C17H18BrN3. The first-order chi connectivity index (χ1) is 10.2. The van der Waals surface area contributed by atoms with E-state index in [9.17, 15) is 0 Å². The summed E-state index contributed by atoms with van der Waals surface area (Å²) < 4.78 is 3.05. The van der Waals surface area contributed by atoms with E-state index < -0.39 is 0 Å². The monoisotopic (exact) mass is 343 g/mol. The molecule has 0 aliphatic carbocycles. The first-order valence-electron chi connectivity index (χ1n) is 7.06. The van der Waals surface area contributed by atoms with E-state index in [1.807, 2.05) is 23.9 Å². The van der Waals surface area contributed by atoms with Crippen molar-refractivity contribution in [2.24, 2.45) is 12.8 Å². The van der Waals surface area contributed by atoms with E-state index >= 15 is 0 Å². The van der Waals surface area contributed by atoms with Crippen molar-refractivity contribution in [1.29, 1.82) is 0 Å². The third kappa shape index (κ3) is 2.74. The predicted octanol–water partition coefficient (Wildman–Crippen LogP) is 3.62. The van der Waals surface area contributed by atoms with Crippen LogP contribution in [0.1, 0.15) is 17.2 Å². The Labute approximate surface area is 132 Å². The van der Waals surface area contributed by atoms with E-state index in [4.69, 9.17) is 5.73 Å². The van der Waals surface area contributed by atoms with Gasteiger partial charge in [-0.05, 0) is 24.2 Å². The molecule has 1 aromatic heterocycles. The average molecular weight is 344 g/mol. The van der Waals surface area contributed by atoms with E-state index in [0.717, 1.165) is 22.1 Å². The highest BCUT2D eigenvalue weighted by molar-refractivity contribution is 9.10. The summed E-state index contributed by atoms with van der Waals surface area (Å²) in [7, 11) is 1.99. The summed E-state index contributed by atoms with van der Waals surface area (Å²) in [6.07, 6.45) is 0.848. The van der Waals surface area contributed by atoms with Gasteiger partial charge in [0.15, 0.2) is 0 Å². The van der Waals surface area contributed by atoms with Crippen molar-refractivity contribution < 1.29 is 0 Å². The molecule has 0 amide bonds. The van der Waals surface area contributed by atoms with Gasteiger partial charge in [-0.3, -0.25) is 4.68 Å². The van der Waals surface area contributed by atoms with Gasteiger partial charge in [-0.1, -0.05) is 52.3 Å². The Kier molecular flexibility index (Phi) is 4.08. The van der Waals surface area contributed by atoms with Gasteiger partial charge in [-0.25, -0.2) is 0 Å². The molecule has 0 bridgehead atoms. The normalized spacial score (nSPS) is 12.7. The Morgan fingerprint density at radius 3 is 2.62 bits per heavy atom. The molecular weight excluding hydrogens is 326 g/mol. The minimum atomic E-state index is 0.263. The number of halogens is 1. The van der Waals surface area contributed by atoms with Crippen molar-refractivity contribution in [3.05, 3.63) is 64.3 Å². The number of rotatable bonds is 4. The van der Waals surface area contributed by atoms with Gasteiger partial charge in [-0.15, -0.1) is 0 Å². The third-order valence-electron chi connectivity index (χ3n) is 3.90. The maximum absolute atomic E-state index is 6.02. The molecule has 0 saturated carbocycles. The average Bonchev–Trinajstić information content (AvgIpc) is 2.82. The molecule has 3 nitrogen and oxygen atoms in total. The van der Waals surface area contributed by atoms with Gasteiger partial charge in [0.2, 0.25) is 0 Å². The summed E-state index contributed by atoms with van der Waals surface area (Å²) in [4.78, 5) is 0. The molecule has 0 spiro atoms. The second kappa shape index (κ2) is 6.00. The molecule has 2 aromatic carbocycles. The van der Waals surface area contributed by atoms with Crippen molar-refractivity contribution >= 4 is 26.8 Å². The Morgan fingerprint density at radius 2 is 1.86 bits per heavy atom. The lowest BCUT2D eigenvalue weighted by Gasteiger charge is -2.15. The number of aromatic nitrogens is 2. The van der Waals surface area contributed by atoms with Crippen LogP contribution in [-0.4, -0.2) is 16.3 Å². The fourth-order valence-electron chi connectivity index (χ4n) is 2.80. The molecule has 0 saturated heterocycles. The lowest BCUT2D eigenvalue weighted by Crippen LogP contribution is -2.16. The summed E-state index contributed by atoms with van der Waals surface area (Å²) in [5, 5.41) is 5.89. The van der Waals surface area contributed by atoms with E-state index in [2.05, 4.69) is 57.4 Å². The molecule has 3 rings (SSSR count). The molecule has 3 aromatic rings. The smallest absolute Gasteiger partial charge is 0.0709 e. The highest BCUT2D eigenvalue weighted by atomic mass is 79.9. The first-order valence-corrected chi connectivity index (χ1v) is 7.85. The van der Waals surface area contributed by atoms with Crippen LogP contribution < -0.4 is 5.73 Å². The number of nitrogens with two attached hydrogens (primary N) is 1. The molecule has 1 heterocycles. The van der Waals surface area contributed by atoms with E-state index in [0.29, 0.717) is 6.54 Å². The molecule has 4 heteroatoms. The zero-order chi connectivity index (χ0) is 14.8. The molecule has 1 atom stereocenters. The van der Waals surface area contributed by atoms with Gasteiger partial charge in [0.1, 0.15) is 0 Å². The van der Waals surface area contributed by atoms with E-state index in [-0.39, 0.29) is 5.92 Å². The van der Waals surface area contributed by atoms with Gasteiger partial charge in [0.25, 0.3) is 0 Å². The lowest BCUT2D eigenvalue weighted by molar-refractivity contribution is 0.663. The van der Waals surface area contributed by atoms with Crippen LogP contribution in [-0.2, 0) is 13.5 Å². The molecule has 2 N–H and O–H groups in total. The van der Waals surface area contributed by atoms with Crippen molar-refractivity contribution in [3.63, 3.8) is 0 Å². The van der Waals surface area contributed by atoms with Gasteiger partial charge in [-0.2, -0.15) is 5.10 Å². The van der Waals surface area contributed by atoms with Gasteiger partial charge >= 0.3 is 0 Å². The van der Waals surface area contributed by atoms with Crippen molar-refractivity contribution in [3.8, 4) is 0 Å². The molecule has 108 valence electrons. The van der Waals surface area contributed by atoms with Crippen LogP contribution in [0.3, 0.4) is 0 Å². The first kappa shape index (κ1) is 14.3. The number of aryl methyl sites for hydroxylation is 1. The molecule has 0 radical (unpaired) electrons. The predicted molar refractivity (Wildman–Crippen MR) is 90.4 cm³/mol. The second-order valence-corrected chi connectivity index (χ2v) is 6.10. The fraction of sp³-hybridized carbons (Fsp3) is 0.235. The Balaban J connectivity index is 1.99. The second-order valence-electron chi connectivity index (χ2n) is 5.25. The highest BCUT2D eigenvalue weighted by Gasteiger charge is 2.17. The van der Waals surface area contributed by atoms with Gasteiger partial charge < -0.3 is 5.73 Å². The number of fused-ring (bicyclic) bond motifs is 1. The summed E-state index contributed by atoms with van der Waals surface area (Å²) in [5.74, 6) is 0.263. The van der Waals surface area contributed by atoms with Crippen LogP contribution in [0, 0.1) is 0 Å². The number of hydrogen-bond acceptors (Lipinski definition) is 2. The maximum Gasteiger partial charge on any atom is 0.0709 e. The largest absolute Gasteiger partial charge is 0.330 e. The number of para-hydroxylation sites is 1. The van der Waals surface area contributed by atoms with Gasteiger partial charge in [0, 0.05) is 29.2 Å². The third-order valence-corrected chi connectivity index (χ3v) is 4.63. The van der Waals surface area contributed by atoms with E-state index in [1.165, 1.54) is 10.9 Å². The minimum absolute atomic E-state index is 0.263. The van der Waals surface area contributed by atoms with Crippen LogP contribution >= 0.6 is 15.9 Å². The molecule has 21 heavy (non-hydrogen) atoms. The highest BCUT2D eigenvalue weighted by Crippen LogP contribution is 2.29. The number of benzene rings is 2. The van der Waals surface area contributed by atoms with E-state index in [1.54, 1.807) is 0 Å². The van der Waals surface area contributed by atoms with Crippen LogP contribution in [0.4, 0.5) is 0 Å². The SMILES string of the molecule is Cn1nc(CC(CN)c2ccccc2Br)c2ccccc21. The quantitative estimate of drug-likeness (QED) is 0.786. The van der Waals surface area contributed by atoms with Crippen molar-refractivity contribution in [2.75, 3.05) is 6.54 Å². The minimum Gasteiger partial charge on any atom is -0.330 e. The lowest BCUT2D eigenvalue weighted by atomic mass is 9.93. The number of nitrogens with zero attached hydrogens (tertiary/aromatic N) is 2. The molecule has 0 fully saturated rings. The summed E-state index contributed by atoms with van der Waals surface area (Å²) in [6, 6.07) is 16.6. The number of hydrogen-bond donors (Lipinski definition) is 1. The topological polar surface area (TPSA) is 43.8 Å². The molecule has 0 aliphatic heterocycles. The zero-order valence-corrected chi connectivity index (χ0v) is 13.5. The van der Waals surface area contributed by atoms with Crippen molar-refractivity contribution in [1.82, 2.24) is 9.78 Å². The Bertz CT molecular complexity index is 764. The molecule has 1 unspecified atom stereocenters. The zero-order valence-electron chi connectivity index (χ0n) is 12.0. The van der Waals surface area contributed by atoms with Crippen LogP contribution in [0.25, 0.3) is 10.9 Å². The Morgan fingerprint density at radius 1 is 1.14 bits per heavy atom. The van der Waals surface area contributed by atoms with Crippen LogP contribution in [0.2, 0.25) is 0 Å². The Hall–Kier alpha value is -1.65. The standard InChI is InChI=1S/C17H18BrN3/c1-21-17-9-5-3-7-14(17)16(20-21)10-12(11-19)13-6-2-4-8-15(13)18/h2-9,12H,10-11,19H2,1H3. The van der Waals surface area contributed by atoms with Crippen molar-refractivity contribution in [2.45, 2.75) is 12.3 Å². The maximum atomic E-state index is 6.02. The fourth-order valence-corrected chi connectivity index (χ4v) is 3.41.